The zero-order valence-electron chi connectivity index (χ0n) is 25.0. The number of hydrogen-bond donors (Lipinski definition) is 1. The molecule has 0 aliphatic carbocycles. The number of ether oxygens (including phenoxy) is 2. The Morgan fingerprint density at radius 3 is 2.50 bits per heavy atom. The van der Waals surface area contributed by atoms with E-state index >= 15 is 4.39 Å². The number of benzene rings is 3. The monoisotopic (exact) mass is 573 g/mol. The third-order valence-corrected chi connectivity index (χ3v) is 8.01. The first-order chi connectivity index (χ1) is 20.5. The molecule has 0 bridgehead atoms. The highest BCUT2D eigenvalue weighted by Gasteiger charge is 2.30. The van der Waals surface area contributed by atoms with E-state index in [0.717, 1.165) is 30.0 Å². The second-order valence-electron chi connectivity index (χ2n) is 10.8. The number of unbranched alkanes of at least 4 members (excludes halogenated alkanes) is 1. The van der Waals surface area contributed by atoms with Gasteiger partial charge in [0.2, 0.25) is 5.43 Å². The van der Waals surface area contributed by atoms with Crippen molar-refractivity contribution in [3.05, 3.63) is 70.3 Å². The summed E-state index contributed by atoms with van der Waals surface area (Å²) in [6, 6.07) is 13.0. The second-order valence-corrected chi connectivity index (χ2v) is 10.8. The summed E-state index contributed by atoms with van der Waals surface area (Å²) in [4.78, 5) is 28.8. The number of carbonyl (C=O) groups is 1. The highest BCUT2D eigenvalue weighted by atomic mass is 19.1. The lowest BCUT2D eigenvalue weighted by Gasteiger charge is -2.29. The number of nitrogens with zero attached hydrogens (tertiary/aromatic N) is 2. The predicted molar refractivity (Wildman–Crippen MR) is 167 cm³/mol. The minimum Gasteiger partial charge on any atom is -0.451 e. The third-order valence-electron chi connectivity index (χ3n) is 8.01. The van der Waals surface area contributed by atoms with Gasteiger partial charge in [-0.15, -0.1) is 0 Å². The topological polar surface area (TPSA) is 72.8 Å². The predicted octanol–water partition coefficient (Wildman–Crippen LogP) is 7.52. The number of rotatable bonds is 8. The molecule has 3 aromatic carbocycles. The summed E-state index contributed by atoms with van der Waals surface area (Å²) < 4.78 is 29.3. The molecule has 6 rings (SSSR count). The number of morpholine rings is 1. The van der Waals surface area contributed by atoms with E-state index in [2.05, 4.69) is 19.2 Å². The van der Waals surface area contributed by atoms with Crippen LogP contribution in [-0.4, -0.2) is 48.2 Å². The Morgan fingerprint density at radius 2 is 1.79 bits per heavy atom. The van der Waals surface area contributed by atoms with Crippen LogP contribution < -0.4 is 15.5 Å². The fourth-order valence-corrected chi connectivity index (χ4v) is 5.70. The SMILES string of the molecule is CC.CCCCC(C)CCNc1c(F)cc2c(=O)c(C(=O)N3CCOCC3)cn3c2c1Oc1cc2ccccc2cc1-3. The van der Waals surface area contributed by atoms with Gasteiger partial charge >= 0.3 is 0 Å². The summed E-state index contributed by atoms with van der Waals surface area (Å²) in [7, 11) is 0. The first kappa shape index (κ1) is 29.6. The van der Waals surface area contributed by atoms with Gasteiger partial charge in [0.1, 0.15) is 16.8 Å². The van der Waals surface area contributed by atoms with E-state index in [0.29, 0.717) is 55.7 Å². The molecule has 1 unspecified atom stereocenters. The molecular formula is C34H40FN3O4. The number of aromatic nitrogens is 1. The van der Waals surface area contributed by atoms with Crippen molar-refractivity contribution in [1.82, 2.24) is 9.47 Å². The summed E-state index contributed by atoms with van der Waals surface area (Å²) in [6.07, 6.45) is 5.93. The van der Waals surface area contributed by atoms with Crippen LogP contribution in [0.2, 0.25) is 0 Å². The molecule has 222 valence electrons. The van der Waals surface area contributed by atoms with Crippen molar-refractivity contribution in [2.75, 3.05) is 38.2 Å². The van der Waals surface area contributed by atoms with Crippen LogP contribution in [0.15, 0.2) is 53.5 Å². The van der Waals surface area contributed by atoms with Crippen LogP contribution in [0.1, 0.15) is 63.7 Å². The maximum absolute atomic E-state index is 15.7. The maximum Gasteiger partial charge on any atom is 0.259 e. The lowest BCUT2D eigenvalue weighted by molar-refractivity contribution is 0.0302. The van der Waals surface area contributed by atoms with E-state index in [1.54, 1.807) is 11.1 Å². The molecular weight excluding hydrogens is 533 g/mol. The first-order valence-electron chi connectivity index (χ1n) is 15.2. The van der Waals surface area contributed by atoms with Gasteiger partial charge in [-0.2, -0.15) is 0 Å². The van der Waals surface area contributed by atoms with Gasteiger partial charge in [0, 0.05) is 25.8 Å². The van der Waals surface area contributed by atoms with Crippen molar-refractivity contribution < 1.29 is 18.7 Å². The molecule has 0 radical (unpaired) electrons. The Bertz CT molecular complexity index is 1660. The molecule has 2 aliphatic heterocycles. The van der Waals surface area contributed by atoms with E-state index in [9.17, 15) is 9.59 Å². The maximum atomic E-state index is 15.7. The van der Waals surface area contributed by atoms with E-state index < -0.39 is 11.2 Å². The minimum atomic E-state index is -0.576. The van der Waals surface area contributed by atoms with Gasteiger partial charge in [-0.05, 0) is 41.3 Å². The lowest BCUT2D eigenvalue weighted by atomic mass is 10.0. The summed E-state index contributed by atoms with van der Waals surface area (Å²) in [5, 5.41) is 5.35. The Kier molecular flexibility index (Phi) is 9.12. The van der Waals surface area contributed by atoms with Gasteiger partial charge in [-0.25, -0.2) is 4.39 Å². The van der Waals surface area contributed by atoms with Crippen LogP contribution in [0.4, 0.5) is 10.1 Å². The largest absolute Gasteiger partial charge is 0.451 e. The first-order valence-corrected chi connectivity index (χ1v) is 15.2. The van der Waals surface area contributed by atoms with E-state index in [-0.39, 0.29) is 28.3 Å². The summed E-state index contributed by atoms with van der Waals surface area (Å²) in [5.74, 6) is 0.352. The van der Waals surface area contributed by atoms with Crippen molar-refractivity contribution in [1.29, 1.82) is 0 Å². The van der Waals surface area contributed by atoms with Crippen LogP contribution in [0.3, 0.4) is 0 Å². The molecule has 1 saturated heterocycles. The minimum absolute atomic E-state index is 0.00576. The molecule has 2 aliphatic rings. The third kappa shape index (κ3) is 5.60. The van der Waals surface area contributed by atoms with Gasteiger partial charge in [0.25, 0.3) is 5.91 Å². The van der Waals surface area contributed by atoms with Crippen molar-refractivity contribution in [2.24, 2.45) is 5.92 Å². The number of amides is 1. The summed E-state index contributed by atoms with van der Waals surface area (Å²) in [6.45, 7) is 10.6. The molecule has 3 heterocycles. The number of fused-ring (bicyclic) bond motifs is 3. The smallest absolute Gasteiger partial charge is 0.259 e. The van der Waals surface area contributed by atoms with Crippen molar-refractivity contribution >= 4 is 33.3 Å². The molecule has 4 aromatic rings. The van der Waals surface area contributed by atoms with Crippen molar-refractivity contribution in [3.63, 3.8) is 0 Å². The molecule has 1 amide bonds. The Labute approximate surface area is 246 Å². The average Bonchev–Trinajstić information content (AvgIpc) is 3.02. The molecule has 42 heavy (non-hydrogen) atoms. The number of anilines is 1. The van der Waals surface area contributed by atoms with Gasteiger partial charge < -0.3 is 24.3 Å². The lowest BCUT2D eigenvalue weighted by Crippen LogP contribution is -2.42. The Balaban J connectivity index is 0.00000173. The number of halogens is 1. The van der Waals surface area contributed by atoms with Gasteiger partial charge in [0.15, 0.2) is 17.3 Å². The van der Waals surface area contributed by atoms with Crippen LogP contribution in [0.25, 0.3) is 27.4 Å². The highest BCUT2D eigenvalue weighted by molar-refractivity contribution is 6.02. The standard InChI is InChI=1S/C32H34FN3O4.C2H6/c1-3-4-7-20(2)10-11-34-28-25(33)18-23-29-31(28)40-27-17-22-9-6-5-8-21(22)16-26(27)36(29)19-24(30(23)37)32(38)35-12-14-39-15-13-35;1-2/h5-6,8-9,16-20,34H,3-4,7,10-15H2,1-2H3;1-2H3. The molecule has 1 atom stereocenters. The van der Waals surface area contributed by atoms with Gasteiger partial charge in [-0.1, -0.05) is 71.2 Å². The molecule has 1 fully saturated rings. The highest BCUT2D eigenvalue weighted by Crippen LogP contribution is 2.46. The molecule has 7 nitrogen and oxygen atoms in total. The molecule has 8 heteroatoms. The van der Waals surface area contributed by atoms with Crippen LogP contribution in [0.5, 0.6) is 11.5 Å². The zero-order chi connectivity index (χ0) is 29.8. The van der Waals surface area contributed by atoms with Gasteiger partial charge in [-0.3, -0.25) is 9.59 Å². The zero-order valence-corrected chi connectivity index (χ0v) is 25.0. The Morgan fingerprint density at radius 1 is 1.07 bits per heavy atom. The van der Waals surface area contributed by atoms with E-state index in [1.165, 1.54) is 12.5 Å². The van der Waals surface area contributed by atoms with Crippen LogP contribution >= 0.6 is 0 Å². The molecule has 1 N–H and O–H groups in total. The molecule has 0 saturated carbocycles. The average molecular weight is 574 g/mol. The number of pyridine rings is 1. The number of hydrogen-bond acceptors (Lipinski definition) is 5. The summed E-state index contributed by atoms with van der Waals surface area (Å²) in [5.41, 5.74) is 0.878. The second kappa shape index (κ2) is 12.9. The number of carbonyl (C=O) groups excluding carboxylic acids is 1. The quantitative estimate of drug-likeness (QED) is 0.208. The normalized spacial score (nSPS) is 14.5. The molecule has 1 aromatic heterocycles. The summed E-state index contributed by atoms with van der Waals surface area (Å²) >= 11 is 0. The fourth-order valence-electron chi connectivity index (χ4n) is 5.70. The van der Waals surface area contributed by atoms with E-state index in [1.807, 2.05) is 54.8 Å². The van der Waals surface area contributed by atoms with Crippen LogP contribution in [-0.2, 0) is 4.74 Å². The van der Waals surface area contributed by atoms with Crippen molar-refractivity contribution in [2.45, 2.75) is 53.4 Å². The van der Waals surface area contributed by atoms with Crippen molar-refractivity contribution in [3.8, 4) is 17.2 Å². The Hall–Kier alpha value is -3.91. The molecule has 0 spiro atoms. The van der Waals surface area contributed by atoms with Gasteiger partial charge in [0.05, 0.1) is 24.3 Å². The number of nitrogens with one attached hydrogen (secondary N) is 1. The van der Waals surface area contributed by atoms with E-state index in [4.69, 9.17) is 9.47 Å². The fraction of sp³-hybridized carbons (Fsp3) is 0.412. The van der Waals surface area contributed by atoms with Crippen LogP contribution in [0, 0.1) is 11.7 Å².